The fourth-order valence-electron chi connectivity index (χ4n) is 3.54. The number of unbranched alkanes of at least 4 members (excludes halogenated alkanes) is 17. The van der Waals surface area contributed by atoms with Gasteiger partial charge in [-0.3, -0.25) is 5.84 Å². The zero-order valence-electron chi connectivity index (χ0n) is 17.9. The van der Waals surface area contributed by atoms with Crippen LogP contribution in [0.2, 0.25) is 0 Å². The van der Waals surface area contributed by atoms with Gasteiger partial charge in [-0.15, -0.1) is 0 Å². The van der Waals surface area contributed by atoms with Crippen molar-refractivity contribution in [1.82, 2.24) is 5.01 Å². The van der Waals surface area contributed by atoms with E-state index in [9.17, 15) is 0 Å². The Morgan fingerprint density at radius 2 is 0.640 bits per heavy atom. The van der Waals surface area contributed by atoms with E-state index in [0.717, 1.165) is 13.1 Å². The maximum absolute atomic E-state index is 6.11. The van der Waals surface area contributed by atoms with Gasteiger partial charge in [0.05, 0.1) is 0 Å². The number of nitrogens with two attached hydrogens (primary N) is 1. The van der Waals surface area contributed by atoms with Crippen LogP contribution < -0.4 is 5.84 Å². The summed E-state index contributed by atoms with van der Waals surface area (Å²) in [6.07, 6.45) is 26.6. The number of hydrazine groups is 1. The molecule has 0 bridgehead atoms. The third-order valence-corrected chi connectivity index (χ3v) is 5.35. The van der Waals surface area contributed by atoms with E-state index >= 15 is 0 Å². The minimum atomic E-state index is 1.09. The second-order valence-electron chi connectivity index (χ2n) is 8.05. The normalized spacial score (nSPS) is 11.5. The Balaban J connectivity index is 3.11. The Morgan fingerprint density at radius 1 is 0.400 bits per heavy atom. The summed E-state index contributed by atoms with van der Waals surface area (Å²) >= 11 is 0. The molecule has 0 saturated carbocycles. The van der Waals surface area contributed by atoms with Crippen LogP contribution in [0, 0.1) is 0 Å². The molecule has 2 N–H and O–H groups in total. The quantitative estimate of drug-likeness (QED) is 0.130. The lowest BCUT2D eigenvalue weighted by Crippen LogP contribution is -2.32. The molecule has 0 rings (SSSR count). The molecule has 0 aliphatic heterocycles. The molecule has 0 radical (unpaired) electrons. The average Bonchev–Trinajstić information content (AvgIpc) is 2.62. The minimum Gasteiger partial charge on any atom is -0.269 e. The third-order valence-electron chi connectivity index (χ3n) is 5.35. The monoisotopic (exact) mass is 354 g/mol. The van der Waals surface area contributed by atoms with E-state index in [-0.39, 0.29) is 0 Å². The Labute approximate surface area is 160 Å². The highest BCUT2D eigenvalue weighted by atomic mass is 15.4. The van der Waals surface area contributed by atoms with Crippen LogP contribution in [0.4, 0.5) is 0 Å². The Morgan fingerprint density at radius 3 is 0.920 bits per heavy atom. The summed E-state index contributed by atoms with van der Waals surface area (Å²) in [4.78, 5) is 0. The molecule has 0 aromatic rings. The second-order valence-corrected chi connectivity index (χ2v) is 8.05. The maximum Gasteiger partial charge on any atom is 0.0128 e. The first kappa shape index (κ1) is 24.9. The fourth-order valence-corrected chi connectivity index (χ4v) is 3.54. The standard InChI is InChI=1S/C23H50N2/c1-3-5-7-9-11-13-14-15-17-19-21-23-25(24)22-20-18-16-12-10-8-6-4-2/h3-24H2,1-2H3. The van der Waals surface area contributed by atoms with Crippen LogP contribution in [0.15, 0.2) is 0 Å². The average molecular weight is 355 g/mol. The van der Waals surface area contributed by atoms with Crippen LogP contribution in [0.5, 0.6) is 0 Å². The molecule has 0 spiro atoms. The van der Waals surface area contributed by atoms with Crippen molar-refractivity contribution in [3.63, 3.8) is 0 Å². The molecule has 0 aromatic carbocycles. The molecule has 152 valence electrons. The summed E-state index contributed by atoms with van der Waals surface area (Å²) < 4.78 is 0. The van der Waals surface area contributed by atoms with Crippen LogP contribution in [0.3, 0.4) is 0 Å². The van der Waals surface area contributed by atoms with Gasteiger partial charge in [0.2, 0.25) is 0 Å². The van der Waals surface area contributed by atoms with Crippen LogP contribution in [-0.4, -0.2) is 18.1 Å². The van der Waals surface area contributed by atoms with E-state index in [1.54, 1.807) is 0 Å². The van der Waals surface area contributed by atoms with Crippen molar-refractivity contribution in [2.24, 2.45) is 5.84 Å². The van der Waals surface area contributed by atoms with E-state index in [2.05, 4.69) is 18.9 Å². The number of hydrogen-bond acceptors (Lipinski definition) is 2. The summed E-state index contributed by atoms with van der Waals surface area (Å²) in [6, 6.07) is 0. The zero-order chi connectivity index (χ0) is 18.4. The van der Waals surface area contributed by atoms with Crippen molar-refractivity contribution in [2.45, 2.75) is 136 Å². The molecule has 2 heteroatoms. The molecule has 2 nitrogen and oxygen atoms in total. The summed E-state index contributed by atoms with van der Waals surface area (Å²) in [7, 11) is 0. The van der Waals surface area contributed by atoms with Gasteiger partial charge in [-0.1, -0.05) is 123 Å². The SMILES string of the molecule is CCCCCCCCCCCCCN(N)CCCCCCCCCC. The molecule has 0 fully saturated rings. The first-order valence-electron chi connectivity index (χ1n) is 11.8. The Bertz CT molecular complexity index is 230. The molecule has 0 aliphatic rings. The molecular formula is C23H50N2. The van der Waals surface area contributed by atoms with Gasteiger partial charge in [0.15, 0.2) is 0 Å². The van der Waals surface area contributed by atoms with E-state index in [0.29, 0.717) is 0 Å². The predicted molar refractivity (Wildman–Crippen MR) is 115 cm³/mol. The Hall–Kier alpha value is -0.0800. The molecule has 0 amide bonds. The van der Waals surface area contributed by atoms with Crippen LogP contribution >= 0.6 is 0 Å². The van der Waals surface area contributed by atoms with Crippen molar-refractivity contribution >= 4 is 0 Å². The van der Waals surface area contributed by atoms with E-state index in [1.165, 1.54) is 122 Å². The lowest BCUT2D eigenvalue weighted by atomic mass is 10.1. The van der Waals surface area contributed by atoms with E-state index in [4.69, 9.17) is 5.84 Å². The van der Waals surface area contributed by atoms with E-state index in [1.807, 2.05) is 0 Å². The van der Waals surface area contributed by atoms with Crippen molar-refractivity contribution < 1.29 is 0 Å². The summed E-state index contributed by atoms with van der Waals surface area (Å²) in [5.41, 5.74) is 0. The van der Waals surface area contributed by atoms with Crippen LogP contribution in [0.25, 0.3) is 0 Å². The van der Waals surface area contributed by atoms with Crippen LogP contribution in [-0.2, 0) is 0 Å². The molecular weight excluding hydrogens is 304 g/mol. The second kappa shape index (κ2) is 22.0. The van der Waals surface area contributed by atoms with Gasteiger partial charge in [0.1, 0.15) is 0 Å². The zero-order valence-corrected chi connectivity index (χ0v) is 17.9. The van der Waals surface area contributed by atoms with Crippen molar-refractivity contribution in [3.8, 4) is 0 Å². The fraction of sp³-hybridized carbons (Fsp3) is 1.00. The molecule has 0 atom stereocenters. The molecule has 0 aromatic heterocycles. The van der Waals surface area contributed by atoms with Gasteiger partial charge in [-0.2, -0.15) is 0 Å². The van der Waals surface area contributed by atoms with Gasteiger partial charge in [-0.25, -0.2) is 5.01 Å². The van der Waals surface area contributed by atoms with Gasteiger partial charge in [-0.05, 0) is 12.8 Å². The van der Waals surface area contributed by atoms with Gasteiger partial charge < -0.3 is 0 Å². The molecule has 0 saturated heterocycles. The first-order valence-corrected chi connectivity index (χ1v) is 11.8. The Kier molecular flexibility index (Phi) is 21.9. The lowest BCUT2D eigenvalue weighted by Gasteiger charge is -2.15. The van der Waals surface area contributed by atoms with Gasteiger partial charge in [0.25, 0.3) is 0 Å². The molecule has 0 aliphatic carbocycles. The highest BCUT2D eigenvalue weighted by molar-refractivity contribution is 4.53. The summed E-state index contributed by atoms with van der Waals surface area (Å²) in [5.74, 6) is 6.11. The molecule has 0 unspecified atom stereocenters. The number of hydrogen-bond donors (Lipinski definition) is 1. The maximum atomic E-state index is 6.11. The lowest BCUT2D eigenvalue weighted by molar-refractivity contribution is 0.268. The topological polar surface area (TPSA) is 29.3 Å². The van der Waals surface area contributed by atoms with Crippen molar-refractivity contribution in [2.75, 3.05) is 13.1 Å². The van der Waals surface area contributed by atoms with E-state index < -0.39 is 0 Å². The number of rotatable bonds is 21. The van der Waals surface area contributed by atoms with Crippen molar-refractivity contribution in [1.29, 1.82) is 0 Å². The van der Waals surface area contributed by atoms with Crippen LogP contribution in [0.1, 0.15) is 136 Å². The summed E-state index contributed by atoms with van der Waals surface area (Å²) in [6.45, 7) is 6.75. The molecule has 25 heavy (non-hydrogen) atoms. The van der Waals surface area contributed by atoms with Gasteiger partial charge in [0, 0.05) is 13.1 Å². The largest absolute Gasteiger partial charge is 0.269 e. The number of nitrogens with zero attached hydrogens (tertiary/aromatic N) is 1. The minimum absolute atomic E-state index is 1.09. The highest BCUT2D eigenvalue weighted by Gasteiger charge is 1.99. The highest BCUT2D eigenvalue weighted by Crippen LogP contribution is 2.12. The van der Waals surface area contributed by atoms with Gasteiger partial charge >= 0.3 is 0 Å². The smallest absolute Gasteiger partial charge is 0.0128 e. The summed E-state index contributed by atoms with van der Waals surface area (Å²) in [5, 5.41) is 2.06. The predicted octanol–water partition coefficient (Wildman–Crippen LogP) is 7.61. The molecule has 0 heterocycles. The third kappa shape index (κ3) is 21.9. The first-order chi connectivity index (χ1) is 12.3. The van der Waals surface area contributed by atoms with Crippen molar-refractivity contribution in [3.05, 3.63) is 0 Å².